The molecule has 0 fully saturated rings. The second kappa shape index (κ2) is 8.81. The first-order valence-electron chi connectivity index (χ1n) is 12.1. The zero-order valence-corrected chi connectivity index (χ0v) is 19.7. The summed E-state index contributed by atoms with van der Waals surface area (Å²) in [5.41, 5.74) is 6.60. The van der Waals surface area contributed by atoms with Crippen LogP contribution in [0.1, 0.15) is 0 Å². The third kappa shape index (κ3) is 3.83. The minimum atomic E-state index is 0.591. The van der Waals surface area contributed by atoms with Crippen LogP contribution in [0.2, 0.25) is 0 Å². The lowest BCUT2D eigenvalue weighted by molar-refractivity contribution is 0.668. The molecule has 0 unspecified atom stereocenters. The van der Waals surface area contributed by atoms with E-state index >= 15 is 0 Å². The van der Waals surface area contributed by atoms with Crippen LogP contribution in [0, 0.1) is 0 Å². The van der Waals surface area contributed by atoms with E-state index in [9.17, 15) is 0 Å². The topological polar surface area (TPSA) is 64.7 Å². The van der Waals surface area contributed by atoms with Gasteiger partial charge in [-0.3, -0.25) is 4.98 Å². The first kappa shape index (κ1) is 21.1. The summed E-state index contributed by atoms with van der Waals surface area (Å²) in [5, 5.41) is 1.88. The Morgan fingerprint density at radius 2 is 1.05 bits per heavy atom. The van der Waals surface area contributed by atoms with Gasteiger partial charge >= 0.3 is 0 Å². The number of rotatable bonds is 4. The SMILES string of the molecule is c1ccc(-c2ccc(-c3nc(-c4ccccc4)nc(-c4cccc5oc6ccncc6c45)n3)cc2)cc1. The van der Waals surface area contributed by atoms with Crippen molar-refractivity contribution in [3.05, 3.63) is 122 Å². The Hall–Kier alpha value is -5.16. The highest BCUT2D eigenvalue weighted by atomic mass is 16.3. The van der Waals surface area contributed by atoms with E-state index in [2.05, 4.69) is 41.4 Å². The Kier molecular flexibility index (Phi) is 5.03. The molecule has 4 aromatic carbocycles. The van der Waals surface area contributed by atoms with Crippen molar-refractivity contribution < 1.29 is 4.42 Å². The molecule has 7 rings (SSSR count). The summed E-state index contributed by atoms with van der Waals surface area (Å²) in [5.74, 6) is 1.83. The van der Waals surface area contributed by atoms with Gasteiger partial charge in [0.2, 0.25) is 0 Å². The van der Waals surface area contributed by atoms with Gasteiger partial charge in [0.1, 0.15) is 11.2 Å². The average molecular weight is 477 g/mol. The Bertz CT molecular complexity index is 1860. The van der Waals surface area contributed by atoms with Gasteiger partial charge in [-0.15, -0.1) is 0 Å². The van der Waals surface area contributed by atoms with Crippen molar-refractivity contribution in [3.8, 4) is 45.3 Å². The summed E-state index contributed by atoms with van der Waals surface area (Å²) >= 11 is 0. The van der Waals surface area contributed by atoms with Crippen molar-refractivity contribution in [3.63, 3.8) is 0 Å². The lowest BCUT2D eigenvalue weighted by atomic mass is 10.0. The van der Waals surface area contributed by atoms with E-state index < -0.39 is 0 Å². The molecule has 3 heterocycles. The molecule has 0 aliphatic carbocycles. The highest BCUT2D eigenvalue weighted by Gasteiger charge is 2.17. The molecule has 0 spiro atoms. The van der Waals surface area contributed by atoms with Gasteiger partial charge in [0, 0.05) is 39.9 Å². The molecule has 0 saturated carbocycles. The Morgan fingerprint density at radius 3 is 1.78 bits per heavy atom. The van der Waals surface area contributed by atoms with Crippen LogP contribution < -0.4 is 0 Å². The third-order valence-electron chi connectivity index (χ3n) is 6.46. The van der Waals surface area contributed by atoms with Crippen molar-refractivity contribution >= 4 is 21.9 Å². The maximum atomic E-state index is 6.09. The monoisotopic (exact) mass is 476 g/mol. The highest BCUT2D eigenvalue weighted by molar-refractivity contribution is 6.11. The predicted molar refractivity (Wildman–Crippen MR) is 147 cm³/mol. The molecule has 0 atom stereocenters. The zero-order chi connectivity index (χ0) is 24.6. The van der Waals surface area contributed by atoms with E-state index in [0.29, 0.717) is 17.5 Å². The van der Waals surface area contributed by atoms with E-state index in [0.717, 1.165) is 44.2 Å². The number of fused-ring (bicyclic) bond motifs is 3. The number of aromatic nitrogens is 4. The maximum Gasteiger partial charge on any atom is 0.164 e. The average Bonchev–Trinajstić information content (AvgIpc) is 3.37. The molecule has 0 saturated heterocycles. The fourth-order valence-corrected chi connectivity index (χ4v) is 4.64. The van der Waals surface area contributed by atoms with Crippen LogP contribution in [0.3, 0.4) is 0 Å². The van der Waals surface area contributed by atoms with Gasteiger partial charge in [0.25, 0.3) is 0 Å². The Labute approximate surface area is 213 Å². The van der Waals surface area contributed by atoms with Gasteiger partial charge in [-0.05, 0) is 23.3 Å². The minimum Gasteiger partial charge on any atom is -0.456 e. The molecule has 0 radical (unpaired) electrons. The largest absolute Gasteiger partial charge is 0.456 e. The number of pyridine rings is 1. The Balaban J connectivity index is 1.43. The molecular formula is C32H20N4O. The van der Waals surface area contributed by atoms with Crippen LogP contribution in [0.4, 0.5) is 0 Å². The third-order valence-corrected chi connectivity index (χ3v) is 6.46. The van der Waals surface area contributed by atoms with Gasteiger partial charge in [-0.25, -0.2) is 15.0 Å². The van der Waals surface area contributed by atoms with Crippen molar-refractivity contribution in [2.45, 2.75) is 0 Å². The quantitative estimate of drug-likeness (QED) is 0.259. The smallest absolute Gasteiger partial charge is 0.164 e. The molecule has 0 N–H and O–H groups in total. The lowest BCUT2D eigenvalue weighted by Gasteiger charge is -2.10. The van der Waals surface area contributed by atoms with Crippen LogP contribution >= 0.6 is 0 Å². The van der Waals surface area contributed by atoms with Crippen molar-refractivity contribution in [2.24, 2.45) is 0 Å². The fourth-order valence-electron chi connectivity index (χ4n) is 4.64. The minimum absolute atomic E-state index is 0.591. The van der Waals surface area contributed by atoms with Gasteiger partial charge in [-0.1, -0.05) is 97.1 Å². The van der Waals surface area contributed by atoms with Crippen LogP contribution in [0.15, 0.2) is 126 Å². The number of furan rings is 1. The highest BCUT2D eigenvalue weighted by Crippen LogP contribution is 2.36. The van der Waals surface area contributed by atoms with Gasteiger partial charge in [0.05, 0.1) is 0 Å². The van der Waals surface area contributed by atoms with Crippen LogP contribution in [-0.2, 0) is 0 Å². The summed E-state index contributed by atoms with van der Waals surface area (Å²) in [6, 6.07) is 36.5. The predicted octanol–water partition coefficient (Wildman–Crippen LogP) is 7.83. The van der Waals surface area contributed by atoms with Crippen LogP contribution in [-0.4, -0.2) is 19.9 Å². The first-order valence-corrected chi connectivity index (χ1v) is 12.1. The second-order valence-electron chi connectivity index (χ2n) is 8.77. The lowest BCUT2D eigenvalue weighted by Crippen LogP contribution is -2.00. The first-order chi connectivity index (χ1) is 18.3. The molecule has 0 bridgehead atoms. The van der Waals surface area contributed by atoms with E-state index in [1.54, 1.807) is 6.20 Å². The molecule has 7 aromatic rings. The van der Waals surface area contributed by atoms with E-state index in [1.807, 2.05) is 79.0 Å². The summed E-state index contributed by atoms with van der Waals surface area (Å²) in [6.45, 7) is 0. The van der Waals surface area contributed by atoms with Crippen molar-refractivity contribution in [1.29, 1.82) is 0 Å². The van der Waals surface area contributed by atoms with Crippen molar-refractivity contribution in [1.82, 2.24) is 19.9 Å². The number of benzene rings is 4. The molecule has 0 amide bonds. The second-order valence-corrected chi connectivity index (χ2v) is 8.77. The van der Waals surface area contributed by atoms with E-state index in [4.69, 9.17) is 19.4 Å². The molecule has 5 heteroatoms. The summed E-state index contributed by atoms with van der Waals surface area (Å²) in [6.07, 6.45) is 3.56. The van der Waals surface area contributed by atoms with E-state index in [-0.39, 0.29) is 0 Å². The molecule has 0 aliphatic rings. The molecule has 37 heavy (non-hydrogen) atoms. The van der Waals surface area contributed by atoms with Gasteiger partial charge in [-0.2, -0.15) is 0 Å². The standard InChI is InChI=1S/C32H20N4O/c1-3-8-21(9-4-1)22-14-16-24(17-15-22)31-34-30(23-10-5-2-6-11-23)35-32(36-31)25-12-7-13-28-29(25)26-20-33-19-18-27(26)37-28/h1-20H. The summed E-state index contributed by atoms with van der Waals surface area (Å²) < 4.78 is 6.09. The number of hydrogen-bond donors (Lipinski definition) is 0. The normalized spacial score (nSPS) is 11.2. The molecule has 5 nitrogen and oxygen atoms in total. The van der Waals surface area contributed by atoms with Gasteiger partial charge < -0.3 is 4.42 Å². The maximum absolute atomic E-state index is 6.09. The fraction of sp³-hybridized carbons (Fsp3) is 0. The van der Waals surface area contributed by atoms with E-state index in [1.165, 1.54) is 5.56 Å². The zero-order valence-electron chi connectivity index (χ0n) is 19.7. The molecular weight excluding hydrogens is 456 g/mol. The molecule has 0 aliphatic heterocycles. The molecule has 3 aromatic heterocycles. The number of hydrogen-bond acceptors (Lipinski definition) is 5. The van der Waals surface area contributed by atoms with Crippen molar-refractivity contribution in [2.75, 3.05) is 0 Å². The summed E-state index contributed by atoms with van der Waals surface area (Å²) in [4.78, 5) is 19.1. The Morgan fingerprint density at radius 1 is 0.459 bits per heavy atom. The molecule has 174 valence electrons. The number of nitrogens with zero attached hydrogens (tertiary/aromatic N) is 4. The van der Waals surface area contributed by atoms with Crippen LogP contribution in [0.25, 0.3) is 67.2 Å². The van der Waals surface area contributed by atoms with Gasteiger partial charge in [0.15, 0.2) is 17.5 Å². The van der Waals surface area contributed by atoms with Crippen LogP contribution in [0.5, 0.6) is 0 Å². The summed E-state index contributed by atoms with van der Waals surface area (Å²) in [7, 11) is 0.